The molecule has 1 saturated heterocycles. The molecule has 124 valence electrons. The summed E-state index contributed by atoms with van der Waals surface area (Å²) >= 11 is 0. The van der Waals surface area contributed by atoms with E-state index in [2.05, 4.69) is 5.32 Å². The molecule has 0 saturated carbocycles. The van der Waals surface area contributed by atoms with Crippen molar-refractivity contribution in [2.45, 2.75) is 45.6 Å². The molecule has 1 fully saturated rings. The van der Waals surface area contributed by atoms with Crippen molar-refractivity contribution >= 4 is 15.9 Å². The van der Waals surface area contributed by atoms with Gasteiger partial charge in [-0.3, -0.25) is 4.79 Å². The van der Waals surface area contributed by atoms with Gasteiger partial charge < -0.3 is 9.73 Å². The Balaban J connectivity index is 2.19. The molecular formula is C15H24N2O4S. The smallest absolute Gasteiger partial charge is 0.217 e. The van der Waals surface area contributed by atoms with Gasteiger partial charge in [-0.25, -0.2) is 8.42 Å². The van der Waals surface area contributed by atoms with Crippen LogP contribution < -0.4 is 5.32 Å². The van der Waals surface area contributed by atoms with Crippen LogP contribution in [0.3, 0.4) is 0 Å². The highest BCUT2D eigenvalue weighted by molar-refractivity contribution is 7.89. The van der Waals surface area contributed by atoms with Gasteiger partial charge in [0.1, 0.15) is 11.5 Å². The first-order chi connectivity index (χ1) is 10.3. The quantitative estimate of drug-likeness (QED) is 0.860. The summed E-state index contributed by atoms with van der Waals surface area (Å²) in [4.78, 5) is 11.4. The van der Waals surface area contributed by atoms with E-state index >= 15 is 0 Å². The van der Waals surface area contributed by atoms with Gasteiger partial charge in [-0.15, -0.1) is 0 Å². The number of rotatable bonds is 6. The van der Waals surface area contributed by atoms with Crippen molar-refractivity contribution in [3.8, 4) is 0 Å². The predicted octanol–water partition coefficient (Wildman–Crippen LogP) is 1.62. The molecule has 1 aliphatic heterocycles. The van der Waals surface area contributed by atoms with E-state index in [1.807, 2.05) is 26.0 Å². The van der Waals surface area contributed by atoms with Crippen LogP contribution in [0.4, 0.5) is 0 Å². The maximum atomic E-state index is 12.4. The lowest BCUT2D eigenvalue weighted by atomic mass is 10.0. The van der Waals surface area contributed by atoms with E-state index in [0.29, 0.717) is 19.5 Å². The number of nitrogens with zero attached hydrogens (tertiary/aromatic N) is 1. The average Bonchev–Trinajstić information content (AvgIpc) is 3.02. The summed E-state index contributed by atoms with van der Waals surface area (Å²) in [6, 6.07) is 3.46. The van der Waals surface area contributed by atoms with Crippen LogP contribution in [0.2, 0.25) is 0 Å². The average molecular weight is 328 g/mol. The second-order valence-corrected chi connectivity index (χ2v) is 7.94. The summed E-state index contributed by atoms with van der Waals surface area (Å²) in [5, 5.41) is 2.85. The van der Waals surface area contributed by atoms with E-state index in [-0.39, 0.29) is 23.6 Å². The molecule has 22 heavy (non-hydrogen) atoms. The Hall–Kier alpha value is -1.34. The van der Waals surface area contributed by atoms with E-state index in [4.69, 9.17) is 4.42 Å². The van der Waals surface area contributed by atoms with Gasteiger partial charge in [-0.2, -0.15) is 4.31 Å². The molecule has 0 unspecified atom stereocenters. The fourth-order valence-corrected chi connectivity index (χ4v) is 4.49. The third kappa shape index (κ3) is 3.89. The standard InChI is InChI=1S/C15H24N2O4S/c1-4-5-8-22(19,20)17-9-13(14(10-17)16-12(3)18)15-7-6-11(2)21-15/h6-7,13-14H,4-5,8-10H2,1-3H3,(H,16,18)/t13-,14-/m0/s1. The highest BCUT2D eigenvalue weighted by atomic mass is 32.2. The Kier molecular flexibility index (Phi) is 5.28. The highest BCUT2D eigenvalue weighted by Gasteiger charge is 2.40. The Bertz CT molecular complexity index is 623. The molecule has 1 aromatic heterocycles. The van der Waals surface area contributed by atoms with Crippen molar-refractivity contribution in [2.24, 2.45) is 0 Å². The Morgan fingerprint density at radius 3 is 2.68 bits per heavy atom. The van der Waals surface area contributed by atoms with Gasteiger partial charge in [0.2, 0.25) is 15.9 Å². The second-order valence-electron chi connectivity index (χ2n) is 5.85. The monoisotopic (exact) mass is 328 g/mol. The van der Waals surface area contributed by atoms with Crippen LogP contribution in [-0.4, -0.2) is 43.5 Å². The molecule has 0 aliphatic carbocycles. The topological polar surface area (TPSA) is 79.6 Å². The number of nitrogens with one attached hydrogen (secondary N) is 1. The van der Waals surface area contributed by atoms with Crippen LogP contribution in [0.1, 0.15) is 44.1 Å². The molecule has 1 N–H and O–H groups in total. The van der Waals surface area contributed by atoms with Crippen LogP contribution >= 0.6 is 0 Å². The maximum Gasteiger partial charge on any atom is 0.217 e. The number of unbranched alkanes of at least 4 members (excludes halogenated alkanes) is 1. The first-order valence-electron chi connectivity index (χ1n) is 7.64. The van der Waals surface area contributed by atoms with Crippen LogP contribution in [0.15, 0.2) is 16.5 Å². The number of furan rings is 1. The number of sulfonamides is 1. The summed E-state index contributed by atoms with van der Waals surface area (Å²) < 4.78 is 31.9. The highest BCUT2D eigenvalue weighted by Crippen LogP contribution is 2.31. The molecule has 2 heterocycles. The van der Waals surface area contributed by atoms with Gasteiger partial charge in [-0.05, 0) is 25.5 Å². The van der Waals surface area contributed by atoms with Crippen molar-refractivity contribution in [1.29, 1.82) is 0 Å². The van der Waals surface area contributed by atoms with Crippen LogP contribution in [0.5, 0.6) is 0 Å². The molecule has 0 spiro atoms. The zero-order valence-corrected chi connectivity index (χ0v) is 14.1. The second kappa shape index (κ2) is 6.83. The summed E-state index contributed by atoms with van der Waals surface area (Å²) in [7, 11) is -3.28. The lowest BCUT2D eigenvalue weighted by Crippen LogP contribution is -2.39. The lowest BCUT2D eigenvalue weighted by molar-refractivity contribution is -0.119. The van der Waals surface area contributed by atoms with E-state index in [1.165, 1.54) is 11.2 Å². The number of carbonyl (C=O) groups excluding carboxylic acids is 1. The van der Waals surface area contributed by atoms with E-state index in [9.17, 15) is 13.2 Å². The molecule has 0 radical (unpaired) electrons. The molecule has 1 aliphatic rings. The lowest BCUT2D eigenvalue weighted by Gasteiger charge is -2.17. The minimum atomic E-state index is -3.28. The van der Waals surface area contributed by atoms with E-state index in [0.717, 1.165) is 17.9 Å². The van der Waals surface area contributed by atoms with Crippen LogP contribution in [0, 0.1) is 6.92 Å². The Labute approximate surface area is 131 Å². The van der Waals surface area contributed by atoms with Gasteiger partial charge >= 0.3 is 0 Å². The van der Waals surface area contributed by atoms with Crippen molar-refractivity contribution in [3.05, 3.63) is 23.7 Å². The van der Waals surface area contributed by atoms with Crippen LogP contribution in [-0.2, 0) is 14.8 Å². The van der Waals surface area contributed by atoms with Crippen LogP contribution in [0.25, 0.3) is 0 Å². The fourth-order valence-electron chi connectivity index (χ4n) is 2.80. The molecule has 1 aromatic rings. The summed E-state index contributed by atoms with van der Waals surface area (Å²) in [6.07, 6.45) is 1.48. The maximum absolute atomic E-state index is 12.4. The third-order valence-electron chi connectivity index (χ3n) is 3.95. The molecule has 0 bridgehead atoms. The van der Waals surface area contributed by atoms with E-state index in [1.54, 1.807) is 0 Å². The van der Waals surface area contributed by atoms with Crippen molar-refractivity contribution < 1.29 is 17.6 Å². The summed E-state index contributed by atoms with van der Waals surface area (Å²) in [6.45, 7) is 5.91. The Morgan fingerprint density at radius 2 is 2.14 bits per heavy atom. The zero-order valence-electron chi connectivity index (χ0n) is 13.3. The molecule has 7 heteroatoms. The number of amides is 1. The molecule has 2 atom stereocenters. The summed E-state index contributed by atoms with van der Waals surface area (Å²) in [5.41, 5.74) is 0. The molecule has 6 nitrogen and oxygen atoms in total. The Morgan fingerprint density at radius 1 is 1.41 bits per heavy atom. The van der Waals surface area contributed by atoms with Crippen molar-refractivity contribution in [1.82, 2.24) is 9.62 Å². The first-order valence-corrected chi connectivity index (χ1v) is 9.25. The third-order valence-corrected chi connectivity index (χ3v) is 5.84. The number of hydrogen-bond acceptors (Lipinski definition) is 4. The number of aryl methyl sites for hydroxylation is 1. The molecule has 1 amide bonds. The molecule has 0 aromatic carbocycles. The van der Waals surface area contributed by atoms with Gasteiger partial charge in [0, 0.05) is 20.0 Å². The van der Waals surface area contributed by atoms with Gasteiger partial charge in [0.05, 0.1) is 17.7 Å². The van der Waals surface area contributed by atoms with Gasteiger partial charge in [-0.1, -0.05) is 13.3 Å². The molecular weight excluding hydrogens is 304 g/mol. The van der Waals surface area contributed by atoms with Gasteiger partial charge in [0.25, 0.3) is 0 Å². The SMILES string of the molecule is CCCCS(=O)(=O)N1C[C@H](NC(C)=O)[C@@H](c2ccc(C)o2)C1. The fraction of sp³-hybridized carbons (Fsp3) is 0.667. The van der Waals surface area contributed by atoms with E-state index < -0.39 is 10.0 Å². The normalized spacial score (nSPS) is 22.9. The van der Waals surface area contributed by atoms with Gasteiger partial charge in [0.15, 0.2) is 0 Å². The van der Waals surface area contributed by atoms with Crippen molar-refractivity contribution in [3.63, 3.8) is 0 Å². The number of carbonyl (C=O) groups is 1. The van der Waals surface area contributed by atoms with Crippen molar-refractivity contribution in [2.75, 3.05) is 18.8 Å². The minimum absolute atomic E-state index is 0.144. The molecule has 2 rings (SSSR count). The minimum Gasteiger partial charge on any atom is -0.466 e. The zero-order chi connectivity index (χ0) is 16.3. The summed E-state index contributed by atoms with van der Waals surface area (Å²) in [5.74, 6) is 1.36. The predicted molar refractivity (Wildman–Crippen MR) is 84.1 cm³/mol. The number of hydrogen-bond donors (Lipinski definition) is 1. The largest absolute Gasteiger partial charge is 0.466 e. The first kappa shape index (κ1) is 17.0.